The zero-order chi connectivity index (χ0) is 13.7. The number of nitrogens with one attached hydrogen (secondary N) is 1. The number of imidazole rings is 1. The summed E-state index contributed by atoms with van der Waals surface area (Å²) in [4.78, 5) is 3.38. The molecule has 0 spiro atoms. The Morgan fingerprint density at radius 3 is 2.60 bits per heavy atom. The van der Waals surface area contributed by atoms with Gasteiger partial charge in [0.2, 0.25) is 0 Å². The number of aromatic nitrogens is 2. The second kappa shape index (κ2) is 4.62. The summed E-state index contributed by atoms with van der Waals surface area (Å²) in [5.74, 6) is 2.59. The molecule has 2 saturated carbocycles. The number of fused-ring (bicyclic) bond motifs is 1. The summed E-state index contributed by atoms with van der Waals surface area (Å²) in [6.45, 7) is 2.70. The Balaban J connectivity index is 1.88. The van der Waals surface area contributed by atoms with E-state index >= 15 is 0 Å². The first kappa shape index (κ1) is 12.5. The Kier molecular flexibility index (Phi) is 2.88. The van der Waals surface area contributed by atoms with Crippen molar-refractivity contribution in [3.63, 3.8) is 0 Å². The third-order valence-electron chi connectivity index (χ3n) is 4.52. The van der Waals surface area contributed by atoms with E-state index in [1.807, 2.05) is 13.0 Å². The molecule has 0 bridgehead atoms. The van der Waals surface area contributed by atoms with Crippen molar-refractivity contribution in [1.29, 1.82) is 0 Å². The van der Waals surface area contributed by atoms with Gasteiger partial charge in [-0.15, -0.1) is 0 Å². The minimum absolute atomic E-state index is 0.605. The summed E-state index contributed by atoms with van der Waals surface area (Å²) in [7, 11) is 0. The van der Waals surface area contributed by atoms with Crippen molar-refractivity contribution in [3.8, 4) is 5.75 Å². The van der Waals surface area contributed by atoms with Gasteiger partial charge in [-0.3, -0.25) is 0 Å². The molecule has 2 aromatic rings. The molecule has 0 saturated heterocycles. The Hall–Kier alpha value is -1.29. The van der Waals surface area contributed by atoms with E-state index in [1.54, 1.807) is 0 Å². The maximum Gasteiger partial charge on any atom is 0.178 e. The number of rotatable bonds is 5. The molecule has 3 nitrogen and oxygen atoms in total. The molecule has 2 aliphatic carbocycles. The highest BCUT2D eigenvalue weighted by molar-refractivity contribution is 7.71. The van der Waals surface area contributed by atoms with Gasteiger partial charge < -0.3 is 14.3 Å². The first-order chi connectivity index (χ1) is 9.79. The fourth-order valence-corrected chi connectivity index (χ4v) is 3.70. The van der Waals surface area contributed by atoms with Gasteiger partial charge in [-0.1, -0.05) is 6.07 Å². The SMILES string of the molecule is CCOc1cccc2c1[nH]c(=S)n2C(C1CC1)C1CC1. The fourth-order valence-electron chi connectivity index (χ4n) is 3.38. The van der Waals surface area contributed by atoms with E-state index in [4.69, 9.17) is 17.0 Å². The first-order valence-electron chi connectivity index (χ1n) is 7.65. The summed E-state index contributed by atoms with van der Waals surface area (Å²) in [5, 5.41) is 0. The minimum atomic E-state index is 0.605. The second-order valence-electron chi connectivity index (χ2n) is 6.05. The van der Waals surface area contributed by atoms with Crippen LogP contribution in [0.1, 0.15) is 38.6 Å². The number of nitrogens with zero attached hydrogens (tertiary/aromatic N) is 1. The van der Waals surface area contributed by atoms with E-state index in [0.29, 0.717) is 12.6 Å². The van der Waals surface area contributed by atoms with Gasteiger partial charge in [0, 0.05) is 6.04 Å². The summed E-state index contributed by atoms with van der Waals surface area (Å²) in [6.07, 6.45) is 5.45. The van der Waals surface area contributed by atoms with Crippen LogP contribution in [0.3, 0.4) is 0 Å². The number of aromatic amines is 1. The van der Waals surface area contributed by atoms with E-state index in [1.165, 1.54) is 31.2 Å². The van der Waals surface area contributed by atoms with Crippen molar-refractivity contribution >= 4 is 23.3 Å². The standard InChI is InChI=1S/C16H20N2OS/c1-2-19-13-5-3-4-12-14(13)17-16(20)18(12)15(10-6-7-10)11-8-9-11/h3-5,10-11,15H,2,6-9H2,1H3,(H,17,20). The fraction of sp³-hybridized carbons (Fsp3) is 0.562. The molecule has 1 heterocycles. The average molecular weight is 288 g/mol. The van der Waals surface area contributed by atoms with E-state index < -0.39 is 0 Å². The molecular formula is C16H20N2OS. The molecule has 106 valence electrons. The van der Waals surface area contributed by atoms with Crippen molar-refractivity contribution in [1.82, 2.24) is 9.55 Å². The molecule has 1 aromatic heterocycles. The predicted molar refractivity (Wildman–Crippen MR) is 82.8 cm³/mol. The molecule has 0 atom stereocenters. The lowest BCUT2D eigenvalue weighted by atomic mass is 10.1. The van der Waals surface area contributed by atoms with Crippen molar-refractivity contribution in [2.75, 3.05) is 6.61 Å². The molecule has 4 heteroatoms. The van der Waals surface area contributed by atoms with Crippen LogP contribution in [-0.2, 0) is 0 Å². The predicted octanol–water partition coefficient (Wildman–Crippen LogP) is 4.46. The van der Waals surface area contributed by atoms with Gasteiger partial charge in [-0.05, 0) is 68.8 Å². The Labute approximate surface area is 123 Å². The summed E-state index contributed by atoms with van der Waals surface area (Å²) < 4.78 is 8.96. The van der Waals surface area contributed by atoms with Crippen molar-refractivity contribution in [2.24, 2.45) is 11.8 Å². The van der Waals surface area contributed by atoms with Crippen LogP contribution in [0.25, 0.3) is 11.0 Å². The maximum absolute atomic E-state index is 5.73. The van der Waals surface area contributed by atoms with E-state index in [2.05, 4.69) is 21.7 Å². The highest BCUT2D eigenvalue weighted by Gasteiger charge is 2.43. The Morgan fingerprint density at radius 2 is 2.00 bits per heavy atom. The zero-order valence-electron chi connectivity index (χ0n) is 11.8. The molecule has 1 aromatic carbocycles. The van der Waals surface area contributed by atoms with Crippen LogP contribution in [0.2, 0.25) is 0 Å². The van der Waals surface area contributed by atoms with Crippen molar-refractivity contribution in [2.45, 2.75) is 38.6 Å². The number of hydrogen-bond donors (Lipinski definition) is 1. The average Bonchev–Trinajstić information content (AvgIpc) is 3.33. The van der Waals surface area contributed by atoms with Gasteiger partial charge in [-0.25, -0.2) is 0 Å². The lowest BCUT2D eigenvalue weighted by Crippen LogP contribution is -2.13. The van der Waals surface area contributed by atoms with E-state index in [9.17, 15) is 0 Å². The third kappa shape index (κ3) is 1.97. The molecule has 0 unspecified atom stereocenters. The van der Waals surface area contributed by atoms with Crippen molar-refractivity contribution in [3.05, 3.63) is 23.0 Å². The molecule has 2 fully saturated rings. The van der Waals surface area contributed by atoms with Crippen LogP contribution >= 0.6 is 12.2 Å². The lowest BCUT2D eigenvalue weighted by molar-refractivity contribution is 0.343. The molecule has 20 heavy (non-hydrogen) atoms. The summed E-state index contributed by atoms with van der Waals surface area (Å²) in [5.41, 5.74) is 2.27. The van der Waals surface area contributed by atoms with Crippen LogP contribution < -0.4 is 4.74 Å². The van der Waals surface area contributed by atoms with Gasteiger partial charge >= 0.3 is 0 Å². The molecule has 0 radical (unpaired) electrons. The van der Waals surface area contributed by atoms with Crippen LogP contribution in [0, 0.1) is 16.6 Å². The van der Waals surface area contributed by atoms with Crippen LogP contribution in [0.4, 0.5) is 0 Å². The van der Waals surface area contributed by atoms with E-state index in [-0.39, 0.29) is 0 Å². The smallest absolute Gasteiger partial charge is 0.178 e. The number of benzene rings is 1. The van der Waals surface area contributed by atoms with Gasteiger partial charge in [0.05, 0.1) is 12.1 Å². The molecule has 1 N–H and O–H groups in total. The maximum atomic E-state index is 5.73. The third-order valence-corrected chi connectivity index (χ3v) is 4.82. The van der Waals surface area contributed by atoms with Crippen LogP contribution in [-0.4, -0.2) is 16.2 Å². The zero-order valence-corrected chi connectivity index (χ0v) is 12.6. The lowest BCUT2D eigenvalue weighted by Gasteiger charge is -2.18. The Bertz CT molecular complexity index is 682. The van der Waals surface area contributed by atoms with E-state index in [0.717, 1.165) is 27.9 Å². The van der Waals surface area contributed by atoms with Gasteiger partial charge in [0.15, 0.2) is 4.77 Å². The van der Waals surface area contributed by atoms with Gasteiger partial charge in [0.25, 0.3) is 0 Å². The van der Waals surface area contributed by atoms with Crippen LogP contribution in [0.5, 0.6) is 5.75 Å². The van der Waals surface area contributed by atoms with Crippen molar-refractivity contribution < 1.29 is 4.74 Å². The minimum Gasteiger partial charge on any atom is -0.492 e. The molecule has 2 aliphatic rings. The monoisotopic (exact) mass is 288 g/mol. The molecule has 0 amide bonds. The summed E-state index contributed by atoms with van der Waals surface area (Å²) in [6, 6.07) is 6.86. The number of para-hydroxylation sites is 1. The Morgan fingerprint density at radius 1 is 1.30 bits per heavy atom. The highest BCUT2D eigenvalue weighted by Crippen LogP contribution is 2.53. The largest absolute Gasteiger partial charge is 0.492 e. The molecule has 0 aliphatic heterocycles. The number of H-pyrrole nitrogens is 1. The highest BCUT2D eigenvalue weighted by atomic mass is 32.1. The normalized spacial score (nSPS) is 18.9. The quantitative estimate of drug-likeness (QED) is 0.823. The number of hydrogen-bond acceptors (Lipinski definition) is 2. The van der Waals surface area contributed by atoms with Crippen LogP contribution in [0.15, 0.2) is 18.2 Å². The molecule has 4 rings (SSSR count). The van der Waals surface area contributed by atoms with Gasteiger partial charge in [0.1, 0.15) is 11.3 Å². The first-order valence-corrected chi connectivity index (χ1v) is 8.06. The van der Waals surface area contributed by atoms with Gasteiger partial charge in [-0.2, -0.15) is 0 Å². The number of ether oxygens (including phenoxy) is 1. The summed E-state index contributed by atoms with van der Waals surface area (Å²) >= 11 is 5.62. The molecular weight excluding hydrogens is 268 g/mol. The topological polar surface area (TPSA) is 29.9 Å². The second-order valence-corrected chi connectivity index (χ2v) is 6.44.